The summed E-state index contributed by atoms with van der Waals surface area (Å²) in [6.07, 6.45) is 2.00. The van der Waals surface area contributed by atoms with E-state index in [0.717, 1.165) is 22.7 Å². The summed E-state index contributed by atoms with van der Waals surface area (Å²) >= 11 is 0. The lowest BCUT2D eigenvalue weighted by Crippen LogP contribution is -2.54. The lowest BCUT2D eigenvalue weighted by Gasteiger charge is -2.43. The molecule has 1 spiro atoms. The van der Waals surface area contributed by atoms with Crippen LogP contribution in [-0.2, 0) is 19.1 Å². The van der Waals surface area contributed by atoms with Crippen LogP contribution in [0.3, 0.4) is 0 Å². The van der Waals surface area contributed by atoms with E-state index < -0.39 is 42.5 Å². The first-order valence-corrected chi connectivity index (χ1v) is 12.1. The van der Waals surface area contributed by atoms with Gasteiger partial charge in [0.15, 0.2) is 6.61 Å². The SMILES string of the molecule is Cc1nn(-c2ccccc2)c(C)c1NC(=O)COC(=O)CN1C(=O)NC2(CC(C)CC(C)(C)C2)C1=O. The van der Waals surface area contributed by atoms with Crippen LogP contribution in [0, 0.1) is 25.2 Å². The Morgan fingerprint density at radius 1 is 1.17 bits per heavy atom. The molecule has 0 bridgehead atoms. The number of esters is 1. The Labute approximate surface area is 210 Å². The Kier molecular flexibility index (Phi) is 6.64. The minimum atomic E-state index is -0.996. The molecule has 1 saturated heterocycles. The number of carbonyl (C=O) groups is 4. The molecule has 1 aliphatic carbocycles. The largest absolute Gasteiger partial charge is 0.454 e. The third-order valence-corrected chi connectivity index (χ3v) is 6.83. The highest BCUT2D eigenvalue weighted by Gasteiger charge is 2.56. The van der Waals surface area contributed by atoms with Crippen molar-refractivity contribution in [1.82, 2.24) is 20.0 Å². The number of anilines is 1. The highest BCUT2D eigenvalue weighted by Crippen LogP contribution is 2.46. The number of aryl methyl sites for hydroxylation is 1. The van der Waals surface area contributed by atoms with Crippen molar-refractivity contribution in [3.8, 4) is 5.69 Å². The Bertz CT molecular complexity index is 1200. The normalized spacial score (nSPS) is 23.0. The molecule has 2 unspecified atom stereocenters. The molecular formula is C26H33N5O5. The second-order valence-electron chi connectivity index (χ2n) is 10.8. The minimum Gasteiger partial charge on any atom is -0.454 e. The van der Waals surface area contributed by atoms with Crippen LogP contribution in [0.5, 0.6) is 0 Å². The van der Waals surface area contributed by atoms with Crippen molar-refractivity contribution in [3.63, 3.8) is 0 Å². The van der Waals surface area contributed by atoms with Gasteiger partial charge in [-0.15, -0.1) is 0 Å². The van der Waals surface area contributed by atoms with Gasteiger partial charge < -0.3 is 15.4 Å². The second kappa shape index (κ2) is 9.40. The molecule has 2 aliphatic rings. The fourth-order valence-corrected chi connectivity index (χ4v) is 5.79. The van der Waals surface area contributed by atoms with Crippen LogP contribution in [0.1, 0.15) is 51.4 Å². The molecule has 192 valence electrons. The molecule has 10 nitrogen and oxygen atoms in total. The quantitative estimate of drug-likeness (QED) is 0.469. The summed E-state index contributed by atoms with van der Waals surface area (Å²) in [6, 6.07) is 8.90. The smallest absolute Gasteiger partial charge is 0.326 e. The molecule has 2 N–H and O–H groups in total. The zero-order chi connectivity index (χ0) is 26.3. The van der Waals surface area contributed by atoms with E-state index in [0.29, 0.717) is 24.2 Å². The van der Waals surface area contributed by atoms with E-state index in [1.807, 2.05) is 37.3 Å². The summed E-state index contributed by atoms with van der Waals surface area (Å²) in [6.45, 7) is 8.72. The third kappa shape index (κ3) is 4.98. The molecule has 1 saturated carbocycles. The number of ether oxygens (including phenoxy) is 1. The van der Waals surface area contributed by atoms with Crippen molar-refractivity contribution in [2.24, 2.45) is 11.3 Å². The van der Waals surface area contributed by atoms with Crippen LogP contribution in [-0.4, -0.2) is 57.2 Å². The molecule has 1 aromatic heterocycles. The van der Waals surface area contributed by atoms with Crippen LogP contribution >= 0.6 is 0 Å². The van der Waals surface area contributed by atoms with Crippen LogP contribution in [0.25, 0.3) is 5.69 Å². The number of hydrogen-bond acceptors (Lipinski definition) is 6. The van der Waals surface area contributed by atoms with Crippen molar-refractivity contribution in [2.75, 3.05) is 18.5 Å². The highest BCUT2D eigenvalue weighted by molar-refractivity contribution is 6.09. The molecule has 1 aliphatic heterocycles. The van der Waals surface area contributed by atoms with Crippen LogP contribution in [0.15, 0.2) is 30.3 Å². The first kappa shape index (κ1) is 25.4. The van der Waals surface area contributed by atoms with Gasteiger partial charge >= 0.3 is 12.0 Å². The number of imide groups is 1. The Morgan fingerprint density at radius 2 is 1.86 bits per heavy atom. The van der Waals surface area contributed by atoms with Crippen molar-refractivity contribution in [1.29, 1.82) is 0 Å². The number of nitrogens with zero attached hydrogens (tertiary/aromatic N) is 3. The molecule has 10 heteroatoms. The summed E-state index contributed by atoms with van der Waals surface area (Å²) in [5.74, 6) is -1.53. The number of carbonyl (C=O) groups excluding carboxylic acids is 4. The average Bonchev–Trinajstić information content (AvgIpc) is 3.19. The van der Waals surface area contributed by atoms with Gasteiger partial charge in [-0.2, -0.15) is 5.10 Å². The molecule has 4 rings (SSSR count). The van der Waals surface area contributed by atoms with Gasteiger partial charge in [-0.25, -0.2) is 9.48 Å². The average molecular weight is 496 g/mol. The lowest BCUT2D eigenvalue weighted by atomic mass is 9.64. The van der Waals surface area contributed by atoms with Crippen molar-refractivity contribution in [3.05, 3.63) is 41.7 Å². The zero-order valence-electron chi connectivity index (χ0n) is 21.4. The van der Waals surface area contributed by atoms with Gasteiger partial charge in [0.25, 0.3) is 11.8 Å². The van der Waals surface area contributed by atoms with Crippen LogP contribution < -0.4 is 10.6 Å². The Balaban J connectivity index is 1.34. The van der Waals surface area contributed by atoms with E-state index in [1.54, 1.807) is 11.6 Å². The van der Waals surface area contributed by atoms with Gasteiger partial charge in [-0.3, -0.25) is 19.3 Å². The zero-order valence-corrected chi connectivity index (χ0v) is 21.4. The molecule has 36 heavy (non-hydrogen) atoms. The molecule has 2 fully saturated rings. The fraction of sp³-hybridized carbons (Fsp3) is 0.500. The van der Waals surface area contributed by atoms with Gasteiger partial charge in [-0.05, 0) is 56.6 Å². The van der Waals surface area contributed by atoms with E-state index in [2.05, 4.69) is 36.5 Å². The van der Waals surface area contributed by atoms with Crippen molar-refractivity contribution in [2.45, 2.75) is 59.4 Å². The molecule has 2 aromatic rings. The number of urea groups is 1. The van der Waals surface area contributed by atoms with Crippen LogP contribution in [0.4, 0.5) is 10.5 Å². The summed E-state index contributed by atoms with van der Waals surface area (Å²) in [5, 5.41) is 10.0. The summed E-state index contributed by atoms with van der Waals surface area (Å²) in [4.78, 5) is 51.6. The standard InChI is InChI=1S/C26H33N5O5/c1-16-11-25(4,5)15-26(12-16)23(34)30(24(35)28-26)13-21(33)36-14-20(32)27-22-17(2)29-31(18(22)3)19-9-7-6-8-10-19/h6-10,16H,11-15H2,1-5H3,(H,27,32)(H,28,35). The summed E-state index contributed by atoms with van der Waals surface area (Å²) in [7, 11) is 0. The van der Waals surface area contributed by atoms with Gasteiger partial charge in [-0.1, -0.05) is 39.0 Å². The molecular weight excluding hydrogens is 462 g/mol. The Hall–Kier alpha value is -3.69. The lowest BCUT2D eigenvalue weighted by molar-refractivity contribution is -0.150. The number of hydrogen-bond donors (Lipinski definition) is 2. The predicted molar refractivity (Wildman–Crippen MR) is 132 cm³/mol. The first-order chi connectivity index (χ1) is 16.9. The maximum absolute atomic E-state index is 13.2. The predicted octanol–water partition coefficient (Wildman–Crippen LogP) is 3.11. The van der Waals surface area contributed by atoms with Crippen LogP contribution in [0.2, 0.25) is 0 Å². The number of rotatable bonds is 6. The summed E-state index contributed by atoms with van der Waals surface area (Å²) < 4.78 is 6.81. The monoisotopic (exact) mass is 495 g/mol. The molecule has 2 heterocycles. The van der Waals surface area contributed by atoms with E-state index in [9.17, 15) is 19.2 Å². The molecule has 2 atom stereocenters. The minimum absolute atomic E-state index is 0.111. The van der Waals surface area contributed by atoms with Gasteiger partial charge in [0, 0.05) is 0 Å². The van der Waals surface area contributed by atoms with E-state index in [-0.39, 0.29) is 11.3 Å². The van der Waals surface area contributed by atoms with Gasteiger partial charge in [0.2, 0.25) is 0 Å². The fourth-order valence-electron chi connectivity index (χ4n) is 5.79. The van der Waals surface area contributed by atoms with Gasteiger partial charge in [0.05, 0.1) is 22.8 Å². The van der Waals surface area contributed by atoms with Crippen molar-refractivity contribution < 1.29 is 23.9 Å². The van der Waals surface area contributed by atoms with Crippen molar-refractivity contribution >= 4 is 29.5 Å². The number of benzene rings is 1. The maximum atomic E-state index is 13.2. The molecule has 1 aromatic carbocycles. The van der Waals surface area contributed by atoms with E-state index in [4.69, 9.17) is 4.74 Å². The molecule has 4 amide bonds. The van der Waals surface area contributed by atoms with E-state index >= 15 is 0 Å². The third-order valence-electron chi connectivity index (χ3n) is 6.83. The number of amides is 4. The summed E-state index contributed by atoms with van der Waals surface area (Å²) in [5.41, 5.74) is 1.62. The number of para-hydroxylation sites is 1. The first-order valence-electron chi connectivity index (χ1n) is 12.1. The number of nitrogens with one attached hydrogen (secondary N) is 2. The van der Waals surface area contributed by atoms with Gasteiger partial charge in [0.1, 0.15) is 12.1 Å². The Morgan fingerprint density at radius 3 is 2.53 bits per heavy atom. The maximum Gasteiger partial charge on any atom is 0.326 e. The number of aromatic nitrogens is 2. The highest BCUT2D eigenvalue weighted by atomic mass is 16.5. The van der Waals surface area contributed by atoms with E-state index in [1.165, 1.54) is 0 Å². The second-order valence-corrected chi connectivity index (χ2v) is 10.8. The topological polar surface area (TPSA) is 123 Å². The molecule has 0 radical (unpaired) electrons.